The molecule has 0 aliphatic rings. The number of rotatable bonds is 16. The van der Waals surface area contributed by atoms with Crippen molar-refractivity contribution in [2.75, 3.05) is 13.4 Å². The van der Waals surface area contributed by atoms with Gasteiger partial charge in [0, 0.05) is 0 Å². The van der Waals surface area contributed by atoms with E-state index in [4.69, 9.17) is 9.47 Å². The zero-order valence-electron chi connectivity index (χ0n) is 14.1. The lowest BCUT2D eigenvalue weighted by atomic mass is 10.1. The minimum atomic E-state index is 0.189. The third-order valence-corrected chi connectivity index (χ3v) is 3.47. The number of hydrogen-bond donors (Lipinski definition) is 0. The molecule has 0 spiro atoms. The summed E-state index contributed by atoms with van der Waals surface area (Å²) in [5.74, 6) is 0.408. The summed E-state index contributed by atoms with van der Waals surface area (Å²) in [7, 11) is 0. The van der Waals surface area contributed by atoms with Crippen molar-refractivity contribution in [1.82, 2.24) is 0 Å². The van der Waals surface area contributed by atoms with E-state index in [1.54, 1.807) is 0 Å². The molecule has 0 fully saturated rings. The summed E-state index contributed by atoms with van der Waals surface area (Å²) in [6.45, 7) is 5.31. The molecule has 0 saturated heterocycles. The highest BCUT2D eigenvalue weighted by atomic mass is 16.7. The van der Waals surface area contributed by atoms with Gasteiger partial charge in [-0.2, -0.15) is 0 Å². The Morgan fingerprint density at radius 1 is 0.857 bits per heavy atom. The van der Waals surface area contributed by atoms with Gasteiger partial charge >= 0.3 is 0 Å². The molecule has 124 valence electrons. The number of carbonyl (C=O) groups is 1. The normalized spacial score (nSPS) is 11.6. The van der Waals surface area contributed by atoms with Crippen molar-refractivity contribution in [2.24, 2.45) is 0 Å². The van der Waals surface area contributed by atoms with Crippen LogP contribution in [0.25, 0.3) is 0 Å². The van der Waals surface area contributed by atoms with Gasteiger partial charge in [0.2, 0.25) is 0 Å². The molecule has 0 aromatic heterocycles. The van der Waals surface area contributed by atoms with Gasteiger partial charge < -0.3 is 9.47 Å². The third-order valence-electron chi connectivity index (χ3n) is 3.47. The van der Waals surface area contributed by atoms with Crippen LogP contribution in [-0.2, 0) is 14.3 Å². The molecule has 0 radical (unpaired) electrons. The summed E-state index contributed by atoms with van der Waals surface area (Å²) in [5, 5.41) is 0. The summed E-state index contributed by atoms with van der Waals surface area (Å²) >= 11 is 0. The van der Waals surface area contributed by atoms with Gasteiger partial charge in [-0.05, 0) is 25.3 Å². The molecule has 0 aliphatic carbocycles. The van der Waals surface area contributed by atoms with E-state index >= 15 is 0 Å². The maximum atomic E-state index is 10.8. The molecule has 0 rings (SSSR count). The molecular formula is C18H34O3. The highest BCUT2D eigenvalue weighted by Crippen LogP contribution is 2.07. The Morgan fingerprint density at radius 2 is 1.48 bits per heavy atom. The molecule has 0 N–H and O–H groups in total. The Bertz CT molecular complexity index is 249. The van der Waals surface area contributed by atoms with Crippen LogP contribution in [0.3, 0.4) is 0 Å². The molecule has 3 nitrogen and oxygen atoms in total. The lowest BCUT2D eigenvalue weighted by Gasteiger charge is -2.07. The Labute approximate surface area is 131 Å². The molecule has 3 heteroatoms. The zero-order chi connectivity index (χ0) is 15.6. The second-order valence-corrected chi connectivity index (χ2v) is 5.51. The molecule has 0 amide bonds. The predicted octanol–water partition coefficient (Wildman–Crippen LogP) is 5.39. The first kappa shape index (κ1) is 20.2. The number of ether oxygens (including phenoxy) is 2. The number of carbonyl (C=O) groups excluding carboxylic acids is 1. The van der Waals surface area contributed by atoms with Gasteiger partial charge in [-0.1, -0.05) is 65.2 Å². The van der Waals surface area contributed by atoms with Crippen molar-refractivity contribution in [2.45, 2.75) is 84.5 Å². The second kappa shape index (κ2) is 17.2. The number of hydrogen-bond acceptors (Lipinski definition) is 3. The Kier molecular flexibility index (Phi) is 16.5. The van der Waals surface area contributed by atoms with E-state index in [0.717, 1.165) is 32.2 Å². The summed E-state index contributed by atoms with van der Waals surface area (Å²) in [5.41, 5.74) is 0. The number of aldehydes is 1. The minimum Gasteiger partial charge on any atom is -0.464 e. The zero-order valence-corrected chi connectivity index (χ0v) is 14.1. The number of unbranched alkanes of at least 4 members (excludes halogenated alkanes) is 9. The van der Waals surface area contributed by atoms with Crippen LogP contribution in [0.5, 0.6) is 0 Å². The second-order valence-electron chi connectivity index (χ2n) is 5.51. The van der Waals surface area contributed by atoms with Crippen LogP contribution in [-0.4, -0.2) is 19.7 Å². The van der Waals surface area contributed by atoms with Crippen molar-refractivity contribution >= 4 is 6.29 Å². The van der Waals surface area contributed by atoms with Crippen LogP contribution < -0.4 is 0 Å². The van der Waals surface area contributed by atoms with Gasteiger partial charge in [-0.25, -0.2) is 0 Å². The summed E-state index contributed by atoms with van der Waals surface area (Å²) < 4.78 is 10.7. The summed E-state index contributed by atoms with van der Waals surface area (Å²) in [6, 6.07) is 0. The molecule has 0 saturated carbocycles. The third kappa shape index (κ3) is 15.4. The molecule has 0 atom stereocenters. The smallest absolute Gasteiger partial charge is 0.189 e. The van der Waals surface area contributed by atoms with Gasteiger partial charge in [0.15, 0.2) is 18.8 Å². The first-order valence-corrected chi connectivity index (χ1v) is 8.71. The highest BCUT2D eigenvalue weighted by molar-refractivity contribution is 5.69. The summed E-state index contributed by atoms with van der Waals surface area (Å²) in [4.78, 5) is 10.8. The van der Waals surface area contributed by atoms with Gasteiger partial charge in [-0.15, -0.1) is 0 Å². The fraction of sp³-hybridized carbons (Fsp3) is 0.833. The molecule has 0 heterocycles. The van der Waals surface area contributed by atoms with Gasteiger partial charge in [0.1, 0.15) is 0 Å². The van der Waals surface area contributed by atoms with Crippen LogP contribution in [0.15, 0.2) is 11.8 Å². The average molecular weight is 298 g/mol. The topological polar surface area (TPSA) is 35.5 Å². The van der Waals surface area contributed by atoms with E-state index in [1.165, 1.54) is 51.4 Å². The van der Waals surface area contributed by atoms with Crippen LogP contribution >= 0.6 is 0 Å². The van der Waals surface area contributed by atoms with Gasteiger partial charge in [0.25, 0.3) is 0 Å². The first-order chi connectivity index (χ1) is 10.3. The van der Waals surface area contributed by atoms with Gasteiger partial charge in [0.05, 0.1) is 6.61 Å². The van der Waals surface area contributed by atoms with Crippen molar-refractivity contribution in [3.05, 3.63) is 11.8 Å². The van der Waals surface area contributed by atoms with E-state index < -0.39 is 0 Å². The molecule has 0 aromatic carbocycles. The minimum absolute atomic E-state index is 0.189. The molecular weight excluding hydrogens is 264 g/mol. The molecule has 0 aliphatic heterocycles. The highest BCUT2D eigenvalue weighted by Gasteiger charge is 1.96. The SMILES string of the molecule is CCCCC/C=C(\C=O)OCOCCCCCCCCC. The van der Waals surface area contributed by atoms with E-state index in [-0.39, 0.29) is 6.79 Å². The van der Waals surface area contributed by atoms with Crippen LogP contribution in [0.2, 0.25) is 0 Å². The summed E-state index contributed by atoms with van der Waals surface area (Å²) in [6.07, 6.45) is 15.9. The van der Waals surface area contributed by atoms with Crippen molar-refractivity contribution < 1.29 is 14.3 Å². The average Bonchev–Trinajstić information content (AvgIpc) is 2.51. The van der Waals surface area contributed by atoms with Crippen molar-refractivity contribution in [3.8, 4) is 0 Å². The maximum absolute atomic E-state index is 10.8. The lowest BCUT2D eigenvalue weighted by molar-refractivity contribution is -0.111. The Hall–Kier alpha value is -0.830. The van der Waals surface area contributed by atoms with Crippen molar-refractivity contribution in [1.29, 1.82) is 0 Å². The van der Waals surface area contributed by atoms with E-state index in [0.29, 0.717) is 5.76 Å². The van der Waals surface area contributed by atoms with Crippen LogP contribution in [0, 0.1) is 0 Å². The van der Waals surface area contributed by atoms with Crippen molar-refractivity contribution in [3.63, 3.8) is 0 Å². The lowest BCUT2D eigenvalue weighted by Crippen LogP contribution is -2.02. The molecule has 0 aromatic rings. The van der Waals surface area contributed by atoms with Gasteiger partial charge in [-0.3, -0.25) is 4.79 Å². The molecule has 0 bridgehead atoms. The van der Waals surface area contributed by atoms with Crippen LogP contribution in [0.4, 0.5) is 0 Å². The molecule has 0 unspecified atom stereocenters. The van der Waals surface area contributed by atoms with E-state index in [9.17, 15) is 4.79 Å². The monoisotopic (exact) mass is 298 g/mol. The Balaban J connectivity index is 3.36. The fourth-order valence-corrected chi connectivity index (χ4v) is 2.11. The van der Waals surface area contributed by atoms with E-state index in [1.807, 2.05) is 6.08 Å². The number of allylic oxidation sites excluding steroid dienone is 2. The largest absolute Gasteiger partial charge is 0.464 e. The maximum Gasteiger partial charge on any atom is 0.189 e. The molecule has 21 heavy (non-hydrogen) atoms. The standard InChI is InChI=1S/C18H34O3/c1-3-5-7-9-10-11-13-15-20-17-21-18(16-19)14-12-8-6-4-2/h14,16H,3-13,15,17H2,1-2H3/b18-14+. The van der Waals surface area contributed by atoms with Crippen LogP contribution in [0.1, 0.15) is 84.5 Å². The predicted molar refractivity (Wildman–Crippen MR) is 88.2 cm³/mol. The Morgan fingerprint density at radius 3 is 2.14 bits per heavy atom. The quantitative estimate of drug-likeness (QED) is 0.126. The van der Waals surface area contributed by atoms with E-state index in [2.05, 4.69) is 13.8 Å². The first-order valence-electron chi connectivity index (χ1n) is 8.71. The fourth-order valence-electron chi connectivity index (χ4n) is 2.11.